The second-order valence-electron chi connectivity index (χ2n) is 5.28. The number of halogens is 4. The zero-order chi connectivity index (χ0) is 17.3. The van der Waals surface area contributed by atoms with Crippen LogP contribution in [-0.4, -0.2) is 45.0 Å². The summed E-state index contributed by atoms with van der Waals surface area (Å²) >= 11 is 1.77. The van der Waals surface area contributed by atoms with Gasteiger partial charge in [0.05, 0.1) is 0 Å². The number of rotatable bonds is 8. The van der Waals surface area contributed by atoms with Crippen LogP contribution in [0.3, 0.4) is 0 Å². The molecule has 0 amide bonds. The minimum absolute atomic E-state index is 0. The summed E-state index contributed by atoms with van der Waals surface area (Å²) in [5.41, 5.74) is 0. The van der Waals surface area contributed by atoms with Gasteiger partial charge in [-0.25, -0.2) is 0 Å². The number of alkyl halides is 3. The number of nitrogens with zero attached hydrogens (tertiary/aromatic N) is 1. The first kappa shape index (κ1) is 23.4. The van der Waals surface area contributed by atoms with E-state index in [-0.39, 0.29) is 36.6 Å². The van der Waals surface area contributed by atoms with Gasteiger partial charge in [0.2, 0.25) is 0 Å². The highest BCUT2D eigenvalue weighted by Gasteiger charge is 2.27. The van der Waals surface area contributed by atoms with Crippen molar-refractivity contribution in [3.05, 3.63) is 21.9 Å². The lowest BCUT2D eigenvalue weighted by molar-refractivity contribution is -0.173. The van der Waals surface area contributed by atoms with Gasteiger partial charge in [-0.1, -0.05) is 0 Å². The first-order valence-corrected chi connectivity index (χ1v) is 8.29. The number of aryl methyl sites for hydroxylation is 1. The molecule has 0 radical (unpaired) electrons. The molecule has 24 heavy (non-hydrogen) atoms. The zero-order valence-electron chi connectivity index (χ0n) is 14.1. The van der Waals surface area contributed by atoms with Crippen molar-refractivity contribution in [3.63, 3.8) is 0 Å². The number of thiophene rings is 1. The van der Waals surface area contributed by atoms with Crippen molar-refractivity contribution in [2.24, 2.45) is 4.99 Å². The normalized spacial score (nSPS) is 13.3. The fourth-order valence-electron chi connectivity index (χ4n) is 1.94. The summed E-state index contributed by atoms with van der Waals surface area (Å²) in [6.45, 7) is 3.51. The molecule has 0 spiro atoms. The van der Waals surface area contributed by atoms with E-state index in [0.717, 1.165) is 6.42 Å². The Labute approximate surface area is 162 Å². The molecule has 0 saturated carbocycles. The van der Waals surface area contributed by atoms with E-state index in [2.05, 4.69) is 46.3 Å². The lowest BCUT2D eigenvalue weighted by atomic mass is 10.2. The first-order chi connectivity index (χ1) is 10.8. The summed E-state index contributed by atoms with van der Waals surface area (Å²) in [5.74, 6) is 0.640. The second kappa shape index (κ2) is 11.9. The SMILES string of the molecule is CN=C(NCCCOCC(F)(F)F)NC(C)Cc1ccc(C)s1.I. The van der Waals surface area contributed by atoms with E-state index in [4.69, 9.17) is 0 Å². The number of guanidine groups is 1. The third-order valence-electron chi connectivity index (χ3n) is 2.93. The van der Waals surface area contributed by atoms with Crippen molar-refractivity contribution < 1.29 is 17.9 Å². The van der Waals surface area contributed by atoms with Crippen LogP contribution in [0.5, 0.6) is 0 Å². The summed E-state index contributed by atoms with van der Waals surface area (Å²) in [5, 5.41) is 6.33. The molecular formula is C15H25F3IN3OS. The molecule has 1 heterocycles. The fourth-order valence-corrected chi connectivity index (χ4v) is 2.96. The monoisotopic (exact) mass is 479 g/mol. The summed E-state index contributed by atoms with van der Waals surface area (Å²) in [6, 6.07) is 4.42. The molecule has 0 saturated heterocycles. The van der Waals surface area contributed by atoms with Crippen molar-refractivity contribution in [1.29, 1.82) is 0 Å². The molecule has 1 atom stereocenters. The Morgan fingerprint density at radius 2 is 2.08 bits per heavy atom. The van der Waals surface area contributed by atoms with Crippen molar-refractivity contribution in [2.75, 3.05) is 26.8 Å². The summed E-state index contributed by atoms with van der Waals surface area (Å²) in [7, 11) is 1.66. The number of nitrogens with one attached hydrogen (secondary N) is 2. The van der Waals surface area contributed by atoms with Crippen LogP contribution in [0.15, 0.2) is 17.1 Å². The van der Waals surface area contributed by atoms with Crippen LogP contribution in [-0.2, 0) is 11.2 Å². The van der Waals surface area contributed by atoms with Crippen LogP contribution < -0.4 is 10.6 Å². The molecule has 0 aliphatic carbocycles. The van der Waals surface area contributed by atoms with Gasteiger partial charge in [0.1, 0.15) is 6.61 Å². The highest BCUT2D eigenvalue weighted by molar-refractivity contribution is 14.0. The standard InChI is InChI=1S/C15H24F3N3OS.HI/c1-11(9-13-6-5-12(2)23-13)21-14(19-3)20-7-4-8-22-10-15(16,17)18;/h5-6,11H,4,7-10H2,1-3H3,(H2,19,20,21);1H. The van der Waals surface area contributed by atoms with Gasteiger partial charge in [-0.15, -0.1) is 35.3 Å². The number of ether oxygens (including phenoxy) is 1. The predicted molar refractivity (Wildman–Crippen MR) is 104 cm³/mol. The molecule has 140 valence electrons. The molecule has 2 N–H and O–H groups in total. The molecule has 1 aromatic heterocycles. The van der Waals surface area contributed by atoms with Crippen molar-refractivity contribution in [1.82, 2.24) is 10.6 Å². The molecule has 0 aliphatic rings. The molecule has 1 unspecified atom stereocenters. The van der Waals surface area contributed by atoms with Gasteiger partial charge < -0.3 is 15.4 Å². The molecule has 1 rings (SSSR count). The molecule has 9 heteroatoms. The van der Waals surface area contributed by atoms with Gasteiger partial charge in [-0.2, -0.15) is 13.2 Å². The molecule has 0 bridgehead atoms. The molecule has 4 nitrogen and oxygen atoms in total. The van der Waals surface area contributed by atoms with Gasteiger partial charge in [-0.05, 0) is 32.4 Å². The van der Waals surface area contributed by atoms with Crippen LogP contribution in [0, 0.1) is 6.92 Å². The maximum atomic E-state index is 11.9. The highest BCUT2D eigenvalue weighted by Crippen LogP contribution is 2.16. The third kappa shape index (κ3) is 11.1. The van der Waals surface area contributed by atoms with E-state index in [1.54, 1.807) is 18.4 Å². The van der Waals surface area contributed by atoms with Gasteiger partial charge in [0, 0.05) is 42.4 Å². The topological polar surface area (TPSA) is 45.7 Å². The smallest absolute Gasteiger partial charge is 0.372 e. The van der Waals surface area contributed by atoms with Gasteiger partial charge in [0.25, 0.3) is 0 Å². The minimum atomic E-state index is -4.26. The second-order valence-corrected chi connectivity index (χ2v) is 6.65. The average Bonchev–Trinajstić information content (AvgIpc) is 2.85. The van der Waals surface area contributed by atoms with E-state index in [9.17, 15) is 13.2 Å². The van der Waals surface area contributed by atoms with Crippen LogP contribution >= 0.6 is 35.3 Å². The molecule has 0 aliphatic heterocycles. The Bertz CT molecular complexity index is 495. The summed E-state index contributed by atoms with van der Waals surface area (Å²) < 4.78 is 40.3. The van der Waals surface area contributed by atoms with Crippen molar-refractivity contribution >= 4 is 41.3 Å². The number of aliphatic imine (C=N–C) groups is 1. The molecule has 1 aromatic rings. The lowest BCUT2D eigenvalue weighted by Crippen LogP contribution is -2.43. The zero-order valence-corrected chi connectivity index (χ0v) is 17.2. The Kier molecular flexibility index (Phi) is 11.6. The van der Waals surface area contributed by atoms with E-state index >= 15 is 0 Å². The molecular weight excluding hydrogens is 454 g/mol. The van der Waals surface area contributed by atoms with Gasteiger partial charge in [0.15, 0.2) is 5.96 Å². The summed E-state index contributed by atoms with van der Waals surface area (Å²) in [6.07, 6.45) is -2.89. The van der Waals surface area contributed by atoms with Crippen LogP contribution in [0.1, 0.15) is 23.1 Å². The Hall–Kier alpha value is -0.550. The van der Waals surface area contributed by atoms with Crippen molar-refractivity contribution in [2.45, 2.75) is 38.9 Å². The largest absolute Gasteiger partial charge is 0.411 e. The average molecular weight is 479 g/mol. The van der Waals surface area contributed by atoms with Crippen LogP contribution in [0.4, 0.5) is 13.2 Å². The van der Waals surface area contributed by atoms with E-state index in [1.807, 2.05) is 0 Å². The van der Waals surface area contributed by atoms with Crippen LogP contribution in [0.25, 0.3) is 0 Å². The predicted octanol–water partition coefficient (Wildman–Crippen LogP) is 3.74. The van der Waals surface area contributed by atoms with Crippen molar-refractivity contribution in [3.8, 4) is 0 Å². The Balaban J connectivity index is 0.00000529. The summed E-state index contributed by atoms with van der Waals surface area (Å²) in [4.78, 5) is 6.70. The van der Waals surface area contributed by atoms with E-state index < -0.39 is 12.8 Å². The van der Waals surface area contributed by atoms with E-state index in [1.165, 1.54) is 9.75 Å². The van der Waals surface area contributed by atoms with Gasteiger partial charge in [-0.3, -0.25) is 4.99 Å². The van der Waals surface area contributed by atoms with Gasteiger partial charge >= 0.3 is 6.18 Å². The first-order valence-electron chi connectivity index (χ1n) is 7.47. The maximum absolute atomic E-state index is 11.9. The quantitative estimate of drug-likeness (QED) is 0.259. The Morgan fingerprint density at radius 3 is 2.62 bits per heavy atom. The van der Waals surface area contributed by atoms with E-state index in [0.29, 0.717) is 18.9 Å². The number of hydrogen-bond acceptors (Lipinski definition) is 3. The van der Waals surface area contributed by atoms with Crippen LogP contribution in [0.2, 0.25) is 0 Å². The fraction of sp³-hybridized carbons (Fsp3) is 0.667. The lowest BCUT2D eigenvalue weighted by Gasteiger charge is -2.17. The number of hydrogen-bond donors (Lipinski definition) is 2. The molecule has 0 fully saturated rings. The third-order valence-corrected chi connectivity index (χ3v) is 3.96. The maximum Gasteiger partial charge on any atom is 0.411 e. The highest BCUT2D eigenvalue weighted by atomic mass is 127. The minimum Gasteiger partial charge on any atom is -0.372 e. The Morgan fingerprint density at radius 1 is 1.38 bits per heavy atom. The molecule has 0 aromatic carbocycles.